The molecule has 43 heavy (non-hydrogen) atoms. The zero-order chi connectivity index (χ0) is 29.4. The lowest BCUT2D eigenvalue weighted by Crippen LogP contribution is -2.56. The summed E-state index contributed by atoms with van der Waals surface area (Å²) < 4.78 is 29.6. The fourth-order valence-electron chi connectivity index (χ4n) is 5.08. The molecule has 0 saturated carbocycles. The van der Waals surface area contributed by atoms with Crippen molar-refractivity contribution in [2.45, 2.75) is 20.0 Å². The van der Waals surface area contributed by atoms with Crippen LogP contribution in [-0.4, -0.2) is 63.2 Å². The number of rotatable bonds is 5. The predicted octanol–water partition coefficient (Wildman–Crippen LogP) is 5.30. The standard InChI is InChI=1S/C30H23ClF2N6O3.CH4/c31-18-6-9-20-21(12-18)27(25-22(32)2-1-3-23(25)33)35-13-17-14-36-30(38-26(17)20)37-19-7-4-16(5-8-19)28(40)39-11-10-34-15-24(39)29(41)42;/h1-9,12,14,24,34H,10-11,13,15H2,(H,41,42)(H,36,37,38);1H4. The molecule has 1 atom stereocenters. The Kier molecular flexibility index (Phi) is 8.47. The number of carbonyl (C=O) groups is 2. The second-order valence-corrected chi connectivity index (χ2v) is 10.2. The third kappa shape index (κ3) is 5.81. The van der Waals surface area contributed by atoms with Gasteiger partial charge >= 0.3 is 5.97 Å². The van der Waals surface area contributed by atoms with Gasteiger partial charge in [0.05, 0.1) is 23.5 Å². The molecular formula is C31H27ClF2N6O3. The minimum atomic E-state index is -1.06. The SMILES string of the molecule is C.O=C(O)C1CNCCN1C(=O)c1ccc(Nc2ncc3c(n2)-c2ccc(Cl)cc2C(c2c(F)cccc2F)=NC3)cc1. The number of carboxylic acid groups (broad SMARTS) is 1. The van der Waals surface area contributed by atoms with Gasteiger partial charge in [-0.25, -0.2) is 23.5 Å². The third-order valence-electron chi connectivity index (χ3n) is 7.14. The zero-order valence-electron chi connectivity index (χ0n) is 21.9. The molecule has 2 aliphatic rings. The third-order valence-corrected chi connectivity index (χ3v) is 7.38. The summed E-state index contributed by atoms with van der Waals surface area (Å²) in [4.78, 5) is 39.6. The average Bonchev–Trinajstić information content (AvgIpc) is 3.13. The number of aliphatic carboxylic acids is 1. The molecule has 1 amide bonds. The Morgan fingerprint density at radius 1 is 1.05 bits per heavy atom. The first-order valence-electron chi connectivity index (χ1n) is 13.1. The maximum atomic E-state index is 14.8. The average molecular weight is 605 g/mol. The van der Waals surface area contributed by atoms with Crippen LogP contribution in [0.4, 0.5) is 20.4 Å². The summed E-state index contributed by atoms with van der Waals surface area (Å²) in [7, 11) is 0. The van der Waals surface area contributed by atoms with Crippen molar-refractivity contribution >= 4 is 40.8 Å². The van der Waals surface area contributed by atoms with Gasteiger partial charge in [-0.15, -0.1) is 0 Å². The van der Waals surface area contributed by atoms with Crippen molar-refractivity contribution in [1.29, 1.82) is 0 Å². The van der Waals surface area contributed by atoms with Crippen molar-refractivity contribution in [3.05, 3.63) is 106 Å². The van der Waals surface area contributed by atoms with Crippen molar-refractivity contribution in [1.82, 2.24) is 20.2 Å². The Labute approximate surface area is 251 Å². The highest BCUT2D eigenvalue weighted by Crippen LogP contribution is 2.34. The number of amides is 1. The van der Waals surface area contributed by atoms with Gasteiger partial charge in [-0.3, -0.25) is 9.79 Å². The fourth-order valence-corrected chi connectivity index (χ4v) is 5.25. The van der Waals surface area contributed by atoms with Gasteiger partial charge in [-0.1, -0.05) is 31.2 Å². The Bertz CT molecular complexity index is 1730. The number of carboxylic acids is 1. The van der Waals surface area contributed by atoms with Crippen LogP contribution in [0.25, 0.3) is 11.3 Å². The summed E-state index contributed by atoms with van der Waals surface area (Å²) in [5.74, 6) is -2.65. The maximum absolute atomic E-state index is 14.8. The number of hydrogen-bond donors (Lipinski definition) is 3. The molecule has 3 aromatic carbocycles. The van der Waals surface area contributed by atoms with Crippen molar-refractivity contribution < 1.29 is 23.5 Å². The number of benzene rings is 3. The molecule has 220 valence electrons. The molecule has 3 N–H and O–H groups in total. The molecule has 0 radical (unpaired) electrons. The minimum absolute atomic E-state index is 0. The molecule has 0 bridgehead atoms. The largest absolute Gasteiger partial charge is 0.480 e. The van der Waals surface area contributed by atoms with Crippen molar-refractivity contribution in [3.63, 3.8) is 0 Å². The summed E-state index contributed by atoms with van der Waals surface area (Å²) in [6.45, 7) is 1.08. The number of halogens is 3. The molecule has 1 saturated heterocycles. The van der Waals surface area contributed by atoms with Crippen LogP contribution >= 0.6 is 11.6 Å². The van der Waals surface area contributed by atoms with Crippen LogP contribution < -0.4 is 10.6 Å². The van der Waals surface area contributed by atoms with E-state index in [1.807, 2.05) is 0 Å². The second-order valence-electron chi connectivity index (χ2n) is 9.78. The van der Waals surface area contributed by atoms with E-state index < -0.39 is 23.6 Å². The molecule has 0 aliphatic carbocycles. The predicted molar refractivity (Wildman–Crippen MR) is 160 cm³/mol. The highest BCUT2D eigenvalue weighted by Gasteiger charge is 2.32. The van der Waals surface area contributed by atoms with Gasteiger partial charge in [0, 0.05) is 58.8 Å². The molecule has 1 aromatic heterocycles. The molecule has 6 rings (SSSR count). The summed E-state index contributed by atoms with van der Waals surface area (Å²) in [5, 5.41) is 16.0. The lowest BCUT2D eigenvalue weighted by Gasteiger charge is -2.33. The first-order chi connectivity index (χ1) is 20.3. The zero-order valence-corrected chi connectivity index (χ0v) is 22.7. The van der Waals surface area contributed by atoms with E-state index in [2.05, 4.69) is 20.6 Å². The van der Waals surface area contributed by atoms with Crippen molar-refractivity contribution in [2.24, 2.45) is 4.99 Å². The van der Waals surface area contributed by atoms with Crippen molar-refractivity contribution in [2.75, 3.05) is 25.0 Å². The van der Waals surface area contributed by atoms with Crippen LogP contribution in [0.5, 0.6) is 0 Å². The van der Waals surface area contributed by atoms with E-state index in [-0.39, 0.29) is 43.6 Å². The monoisotopic (exact) mass is 604 g/mol. The van der Waals surface area contributed by atoms with Gasteiger partial charge in [-0.2, -0.15) is 0 Å². The van der Waals surface area contributed by atoms with E-state index in [1.165, 1.54) is 23.1 Å². The number of hydrogen-bond acceptors (Lipinski definition) is 7. The highest BCUT2D eigenvalue weighted by atomic mass is 35.5. The number of fused-ring (bicyclic) bond motifs is 3. The van der Waals surface area contributed by atoms with Crippen LogP contribution in [0.2, 0.25) is 5.02 Å². The fraction of sp³-hybridized carbons (Fsp3) is 0.194. The first kappa shape index (κ1) is 29.7. The Morgan fingerprint density at radius 2 is 1.79 bits per heavy atom. The summed E-state index contributed by atoms with van der Waals surface area (Å²) in [6.07, 6.45) is 1.60. The molecule has 3 heterocycles. The quantitative estimate of drug-likeness (QED) is 0.283. The van der Waals surface area contributed by atoms with Gasteiger partial charge in [0.1, 0.15) is 17.7 Å². The molecule has 1 fully saturated rings. The Hall–Kier alpha value is -4.74. The number of aliphatic imine (C=N–C) groups is 1. The number of nitrogens with zero attached hydrogens (tertiary/aromatic N) is 4. The van der Waals surface area contributed by atoms with Crippen molar-refractivity contribution in [3.8, 4) is 11.3 Å². The van der Waals surface area contributed by atoms with Crippen LogP contribution in [0.3, 0.4) is 0 Å². The van der Waals surface area contributed by atoms with E-state index in [1.54, 1.807) is 48.7 Å². The second kappa shape index (κ2) is 12.2. The van der Waals surface area contributed by atoms with Crippen LogP contribution in [-0.2, 0) is 11.3 Å². The van der Waals surface area contributed by atoms with Gasteiger partial charge in [0.15, 0.2) is 0 Å². The molecule has 4 aromatic rings. The topological polar surface area (TPSA) is 120 Å². The van der Waals surface area contributed by atoms with E-state index >= 15 is 0 Å². The van der Waals surface area contributed by atoms with E-state index in [0.29, 0.717) is 51.7 Å². The summed E-state index contributed by atoms with van der Waals surface area (Å²) in [6, 6.07) is 14.3. The number of aromatic nitrogens is 2. The van der Waals surface area contributed by atoms with Crippen LogP contribution in [0.1, 0.15) is 34.5 Å². The number of nitrogens with one attached hydrogen (secondary N) is 2. The summed E-state index contributed by atoms with van der Waals surface area (Å²) in [5.41, 5.74) is 3.04. The smallest absolute Gasteiger partial charge is 0.327 e. The normalized spacial score (nSPS) is 15.7. The molecule has 2 aliphatic heterocycles. The number of carbonyl (C=O) groups excluding carboxylic acids is 1. The Morgan fingerprint density at radius 3 is 2.51 bits per heavy atom. The molecule has 12 heteroatoms. The van der Waals surface area contributed by atoms with Gasteiger partial charge in [-0.05, 0) is 48.5 Å². The Balaban J connectivity index is 0.00000368. The van der Waals surface area contributed by atoms with E-state index in [4.69, 9.17) is 16.6 Å². The molecule has 0 spiro atoms. The lowest BCUT2D eigenvalue weighted by atomic mass is 9.95. The molecule has 9 nitrogen and oxygen atoms in total. The highest BCUT2D eigenvalue weighted by molar-refractivity contribution is 6.31. The maximum Gasteiger partial charge on any atom is 0.327 e. The van der Waals surface area contributed by atoms with Crippen LogP contribution in [0, 0.1) is 11.6 Å². The van der Waals surface area contributed by atoms with Gasteiger partial charge in [0.25, 0.3) is 5.91 Å². The van der Waals surface area contributed by atoms with E-state index in [0.717, 1.165) is 0 Å². The first-order valence-corrected chi connectivity index (χ1v) is 13.4. The summed E-state index contributed by atoms with van der Waals surface area (Å²) >= 11 is 6.29. The number of piperazine rings is 1. The number of anilines is 2. The molecular weight excluding hydrogens is 578 g/mol. The lowest BCUT2D eigenvalue weighted by molar-refractivity contribution is -0.142. The van der Waals surface area contributed by atoms with Gasteiger partial charge in [0.2, 0.25) is 5.95 Å². The minimum Gasteiger partial charge on any atom is -0.480 e. The van der Waals surface area contributed by atoms with Crippen LogP contribution in [0.15, 0.2) is 71.9 Å². The van der Waals surface area contributed by atoms with Gasteiger partial charge < -0.3 is 20.6 Å². The van der Waals surface area contributed by atoms with E-state index in [9.17, 15) is 23.5 Å². The molecule has 1 unspecified atom stereocenters.